The lowest BCUT2D eigenvalue weighted by Gasteiger charge is -2.32. The van der Waals surface area contributed by atoms with Crippen LogP contribution < -0.4 is 5.69 Å². The molecule has 1 atom stereocenters. The fraction of sp³-hybridized carbons (Fsp3) is 0.286. The van der Waals surface area contributed by atoms with Gasteiger partial charge in [-0.1, -0.05) is 6.07 Å². The van der Waals surface area contributed by atoms with Crippen molar-refractivity contribution in [1.29, 1.82) is 5.26 Å². The Morgan fingerprint density at radius 2 is 2.20 bits per heavy atom. The molecule has 0 saturated carbocycles. The van der Waals surface area contributed by atoms with Gasteiger partial charge in [0.15, 0.2) is 5.65 Å². The molecule has 0 spiro atoms. The van der Waals surface area contributed by atoms with Gasteiger partial charge in [0.05, 0.1) is 35.0 Å². The van der Waals surface area contributed by atoms with Crippen LogP contribution in [0.15, 0.2) is 47.5 Å². The van der Waals surface area contributed by atoms with E-state index in [1.165, 1.54) is 0 Å². The van der Waals surface area contributed by atoms with Gasteiger partial charge in [0.2, 0.25) is 5.91 Å². The van der Waals surface area contributed by atoms with E-state index in [2.05, 4.69) is 10.1 Å². The van der Waals surface area contributed by atoms with Gasteiger partial charge in [0.1, 0.15) is 6.42 Å². The summed E-state index contributed by atoms with van der Waals surface area (Å²) in [5.41, 5.74) is 3.51. The zero-order valence-corrected chi connectivity index (χ0v) is 16.2. The molecule has 1 N–H and O–H groups in total. The third kappa shape index (κ3) is 2.93. The average Bonchev–Trinajstić information content (AvgIpc) is 3.33. The minimum atomic E-state index is -0.242. The van der Waals surface area contributed by atoms with Crippen molar-refractivity contribution in [3.63, 3.8) is 0 Å². The molecule has 1 saturated heterocycles. The Balaban J connectivity index is 1.57. The zero-order chi connectivity index (χ0) is 20.7. The van der Waals surface area contributed by atoms with Gasteiger partial charge in [-0.2, -0.15) is 10.4 Å². The van der Waals surface area contributed by atoms with Crippen molar-refractivity contribution in [2.24, 2.45) is 0 Å². The van der Waals surface area contributed by atoms with Crippen LogP contribution in [-0.4, -0.2) is 48.0 Å². The Kier molecular flexibility index (Phi) is 4.32. The van der Waals surface area contributed by atoms with Crippen molar-refractivity contribution >= 4 is 22.6 Å². The van der Waals surface area contributed by atoms with E-state index in [0.717, 1.165) is 29.6 Å². The molecule has 30 heavy (non-hydrogen) atoms. The molecule has 4 aromatic rings. The number of nitriles is 1. The summed E-state index contributed by atoms with van der Waals surface area (Å²) in [7, 11) is 0. The van der Waals surface area contributed by atoms with Crippen LogP contribution in [0, 0.1) is 11.3 Å². The van der Waals surface area contributed by atoms with Crippen LogP contribution in [0.3, 0.4) is 0 Å². The standard InChI is InChI=1S/C21H19N7O2/c22-9-8-19(29)26-10-3-4-14(13-26)28-20-17(25-21(28)30)7-6-16(24-20)15-12-23-27-11-2-1-5-18(15)27/h1-2,5-7,11-12,14H,3-4,8,10,13H2,(H,25,30). The lowest BCUT2D eigenvalue weighted by atomic mass is 10.1. The van der Waals surface area contributed by atoms with Crippen molar-refractivity contribution < 1.29 is 4.79 Å². The fourth-order valence-corrected chi connectivity index (χ4v) is 4.19. The summed E-state index contributed by atoms with van der Waals surface area (Å²) in [6.45, 7) is 1.01. The number of hydrogen-bond donors (Lipinski definition) is 1. The number of pyridine rings is 2. The first-order valence-corrected chi connectivity index (χ1v) is 9.84. The van der Waals surface area contributed by atoms with Gasteiger partial charge >= 0.3 is 5.69 Å². The predicted octanol–water partition coefficient (Wildman–Crippen LogP) is 2.12. The summed E-state index contributed by atoms with van der Waals surface area (Å²) >= 11 is 0. The maximum Gasteiger partial charge on any atom is 0.327 e. The number of carbonyl (C=O) groups excluding carboxylic acids is 1. The van der Waals surface area contributed by atoms with E-state index in [1.54, 1.807) is 20.2 Å². The average molecular weight is 401 g/mol. The molecule has 5 rings (SSSR count). The van der Waals surface area contributed by atoms with Gasteiger partial charge in [-0.15, -0.1) is 0 Å². The SMILES string of the molecule is N#CCC(=O)N1CCCC(n2c(=O)[nH]c3ccc(-c4cnn5ccccc45)nc32)C1. The zero-order valence-electron chi connectivity index (χ0n) is 16.2. The molecule has 1 aliphatic heterocycles. The number of carbonyl (C=O) groups is 1. The third-order valence-corrected chi connectivity index (χ3v) is 5.61. The first kappa shape index (κ1) is 18.1. The number of imidazole rings is 1. The lowest BCUT2D eigenvalue weighted by molar-refractivity contribution is -0.131. The molecule has 0 radical (unpaired) electrons. The van der Waals surface area contributed by atoms with Crippen molar-refractivity contribution in [2.45, 2.75) is 25.3 Å². The van der Waals surface area contributed by atoms with E-state index in [-0.39, 0.29) is 24.1 Å². The first-order chi connectivity index (χ1) is 14.7. The second-order valence-corrected chi connectivity index (χ2v) is 7.43. The van der Waals surface area contributed by atoms with E-state index in [4.69, 9.17) is 10.2 Å². The van der Waals surface area contributed by atoms with Crippen molar-refractivity contribution in [1.82, 2.24) is 29.0 Å². The fourth-order valence-electron chi connectivity index (χ4n) is 4.19. The van der Waals surface area contributed by atoms with Gasteiger partial charge in [0.25, 0.3) is 0 Å². The summed E-state index contributed by atoms with van der Waals surface area (Å²) in [4.78, 5) is 34.3. The maximum atomic E-state index is 12.7. The Bertz CT molecular complexity index is 1360. The summed E-state index contributed by atoms with van der Waals surface area (Å²) in [6, 6.07) is 11.3. The number of likely N-dealkylation sites (tertiary alicyclic amines) is 1. The quantitative estimate of drug-likeness (QED) is 0.565. The Hall–Kier alpha value is -3.93. The van der Waals surface area contributed by atoms with Crippen LogP contribution in [0.2, 0.25) is 0 Å². The number of H-pyrrole nitrogens is 1. The molecule has 9 heteroatoms. The molecule has 1 aliphatic rings. The normalized spacial score (nSPS) is 16.8. The van der Waals surface area contributed by atoms with Crippen LogP contribution in [0.4, 0.5) is 0 Å². The Morgan fingerprint density at radius 1 is 1.30 bits per heavy atom. The number of aromatic amines is 1. The number of fused-ring (bicyclic) bond motifs is 2. The van der Waals surface area contributed by atoms with Gasteiger partial charge in [0, 0.05) is 24.8 Å². The molecular formula is C21H19N7O2. The molecule has 0 aliphatic carbocycles. The number of nitrogens with zero attached hydrogens (tertiary/aromatic N) is 6. The molecule has 9 nitrogen and oxygen atoms in total. The third-order valence-electron chi connectivity index (χ3n) is 5.61. The van der Waals surface area contributed by atoms with E-state index < -0.39 is 0 Å². The molecule has 1 unspecified atom stereocenters. The highest BCUT2D eigenvalue weighted by Gasteiger charge is 2.27. The van der Waals surface area contributed by atoms with Crippen LogP contribution in [0.5, 0.6) is 0 Å². The Labute approximate surface area is 171 Å². The minimum Gasteiger partial charge on any atom is -0.340 e. The van der Waals surface area contributed by atoms with Gasteiger partial charge < -0.3 is 9.88 Å². The molecular weight excluding hydrogens is 382 g/mol. The number of rotatable bonds is 3. The van der Waals surface area contributed by atoms with E-state index in [1.807, 2.05) is 42.6 Å². The molecule has 5 heterocycles. The molecule has 1 amide bonds. The maximum absolute atomic E-state index is 12.7. The first-order valence-electron chi connectivity index (χ1n) is 9.84. The smallest absolute Gasteiger partial charge is 0.327 e. The topological polar surface area (TPSA) is 112 Å². The monoisotopic (exact) mass is 401 g/mol. The van der Waals surface area contributed by atoms with Crippen LogP contribution in [-0.2, 0) is 4.79 Å². The predicted molar refractivity (Wildman–Crippen MR) is 110 cm³/mol. The minimum absolute atomic E-state index is 0.146. The van der Waals surface area contributed by atoms with E-state index >= 15 is 0 Å². The lowest BCUT2D eigenvalue weighted by Crippen LogP contribution is -2.42. The number of hydrogen-bond acceptors (Lipinski definition) is 5. The summed E-state index contributed by atoms with van der Waals surface area (Å²) in [5, 5.41) is 13.2. The van der Waals surface area contributed by atoms with Gasteiger partial charge in [-0.25, -0.2) is 14.3 Å². The molecule has 1 fully saturated rings. The number of aromatic nitrogens is 5. The molecule has 4 aromatic heterocycles. The molecule has 0 aromatic carbocycles. The van der Waals surface area contributed by atoms with Crippen LogP contribution >= 0.6 is 0 Å². The van der Waals surface area contributed by atoms with Crippen molar-refractivity contribution in [3.8, 4) is 17.3 Å². The van der Waals surface area contributed by atoms with Crippen LogP contribution in [0.1, 0.15) is 25.3 Å². The van der Waals surface area contributed by atoms with E-state index in [0.29, 0.717) is 24.3 Å². The summed E-state index contributed by atoms with van der Waals surface area (Å²) < 4.78 is 3.43. The van der Waals surface area contributed by atoms with Gasteiger partial charge in [-0.05, 0) is 37.1 Å². The summed E-state index contributed by atoms with van der Waals surface area (Å²) in [5.74, 6) is -0.199. The number of nitrogens with one attached hydrogen (secondary N) is 1. The van der Waals surface area contributed by atoms with Gasteiger partial charge in [-0.3, -0.25) is 9.36 Å². The Morgan fingerprint density at radius 3 is 3.07 bits per heavy atom. The second-order valence-electron chi connectivity index (χ2n) is 7.43. The number of amides is 1. The van der Waals surface area contributed by atoms with E-state index in [9.17, 15) is 9.59 Å². The summed E-state index contributed by atoms with van der Waals surface area (Å²) in [6.07, 6.45) is 5.03. The molecule has 150 valence electrons. The highest BCUT2D eigenvalue weighted by atomic mass is 16.2. The second kappa shape index (κ2) is 7.15. The van der Waals surface area contributed by atoms with Crippen molar-refractivity contribution in [3.05, 3.63) is 53.2 Å². The largest absolute Gasteiger partial charge is 0.340 e. The van der Waals surface area contributed by atoms with Crippen LogP contribution in [0.25, 0.3) is 27.9 Å². The number of piperidine rings is 1. The van der Waals surface area contributed by atoms with Crippen molar-refractivity contribution in [2.75, 3.05) is 13.1 Å². The molecule has 0 bridgehead atoms. The highest BCUT2D eigenvalue weighted by molar-refractivity contribution is 5.82. The highest BCUT2D eigenvalue weighted by Crippen LogP contribution is 2.27.